The highest BCUT2D eigenvalue weighted by atomic mass is 19.1. The summed E-state index contributed by atoms with van der Waals surface area (Å²) in [4.78, 5) is 14.2. The van der Waals surface area contributed by atoms with Gasteiger partial charge in [-0.25, -0.2) is 4.39 Å². The van der Waals surface area contributed by atoms with Crippen LogP contribution < -0.4 is 10.6 Å². The second-order valence-corrected chi connectivity index (χ2v) is 5.24. The molecule has 0 aromatic heterocycles. The predicted molar refractivity (Wildman–Crippen MR) is 74.3 cm³/mol. The van der Waals surface area contributed by atoms with Gasteiger partial charge in [-0.05, 0) is 49.9 Å². The van der Waals surface area contributed by atoms with E-state index in [1.54, 1.807) is 17.0 Å². The minimum absolute atomic E-state index is 0.0149. The Balaban J connectivity index is 2.16. The zero-order chi connectivity index (χ0) is 13.8. The predicted octanol–water partition coefficient (Wildman–Crippen LogP) is 2.55. The second-order valence-electron chi connectivity index (χ2n) is 5.24. The molecule has 104 valence electrons. The number of nitrogens with two attached hydrogens (primary N) is 1. The molecule has 1 amide bonds. The Kier molecular flexibility index (Phi) is 4.53. The number of benzene rings is 1. The van der Waals surface area contributed by atoms with Crippen molar-refractivity contribution in [3.8, 4) is 0 Å². The summed E-state index contributed by atoms with van der Waals surface area (Å²) in [7, 11) is 0. The van der Waals surface area contributed by atoms with Crippen molar-refractivity contribution in [3.63, 3.8) is 0 Å². The van der Waals surface area contributed by atoms with Gasteiger partial charge in [-0.15, -0.1) is 0 Å². The van der Waals surface area contributed by atoms with Gasteiger partial charge in [0.2, 0.25) is 5.91 Å². The third-order valence-corrected chi connectivity index (χ3v) is 3.69. The summed E-state index contributed by atoms with van der Waals surface area (Å²) in [6, 6.07) is 6.21. The van der Waals surface area contributed by atoms with E-state index in [4.69, 9.17) is 5.73 Å². The van der Waals surface area contributed by atoms with Crippen LogP contribution in [0.5, 0.6) is 0 Å². The largest absolute Gasteiger partial charge is 0.330 e. The zero-order valence-corrected chi connectivity index (χ0v) is 11.3. The normalized spacial score (nSPS) is 16.2. The molecule has 1 aromatic rings. The first-order valence-corrected chi connectivity index (χ1v) is 6.90. The average Bonchev–Trinajstić information content (AvgIpc) is 3.22. The van der Waals surface area contributed by atoms with Gasteiger partial charge in [-0.1, -0.05) is 13.0 Å². The average molecular weight is 264 g/mol. The number of rotatable bonds is 6. The number of hydrogen-bond donors (Lipinski definition) is 1. The van der Waals surface area contributed by atoms with Gasteiger partial charge >= 0.3 is 0 Å². The maximum absolute atomic E-state index is 13.3. The van der Waals surface area contributed by atoms with E-state index in [1.165, 1.54) is 12.1 Å². The molecule has 0 aliphatic heterocycles. The first-order chi connectivity index (χ1) is 9.13. The van der Waals surface area contributed by atoms with E-state index in [2.05, 4.69) is 0 Å². The van der Waals surface area contributed by atoms with Crippen LogP contribution in [0.3, 0.4) is 0 Å². The molecule has 0 spiro atoms. The van der Waals surface area contributed by atoms with Gasteiger partial charge in [0.15, 0.2) is 0 Å². The summed E-state index contributed by atoms with van der Waals surface area (Å²) in [5.41, 5.74) is 6.15. The smallest absolute Gasteiger partial charge is 0.230 e. The van der Waals surface area contributed by atoms with Gasteiger partial charge in [-0.3, -0.25) is 4.79 Å². The topological polar surface area (TPSA) is 46.3 Å². The summed E-state index contributed by atoms with van der Waals surface area (Å²) >= 11 is 0. The molecule has 1 aliphatic rings. The number of hydrogen-bond acceptors (Lipinski definition) is 2. The SMILES string of the molecule is CC(C(=O)N(CCCN)c1cccc(F)c1)C1CC1. The van der Waals surface area contributed by atoms with Crippen molar-refractivity contribution in [1.82, 2.24) is 0 Å². The van der Waals surface area contributed by atoms with Crippen LogP contribution in [0.25, 0.3) is 0 Å². The van der Waals surface area contributed by atoms with Gasteiger partial charge in [-0.2, -0.15) is 0 Å². The number of nitrogens with zero attached hydrogens (tertiary/aromatic N) is 1. The Labute approximate surface area is 113 Å². The molecule has 4 heteroatoms. The number of carbonyl (C=O) groups excluding carboxylic acids is 1. The lowest BCUT2D eigenvalue weighted by molar-refractivity contribution is -0.122. The molecular formula is C15H21FN2O. The number of amides is 1. The summed E-state index contributed by atoms with van der Waals surface area (Å²) in [5.74, 6) is 0.283. The minimum atomic E-state index is -0.317. The molecule has 1 saturated carbocycles. The van der Waals surface area contributed by atoms with E-state index in [-0.39, 0.29) is 17.6 Å². The van der Waals surface area contributed by atoms with Crippen molar-refractivity contribution in [2.45, 2.75) is 26.2 Å². The molecule has 19 heavy (non-hydrogen) atoms. The summed E-state index contributed by atoms with van der Waals surface area (Å²) in [6.45, 7) is 3.04. The molecule has 1 unspecified atom stereocenters. The van der Waals surface area contributed by atoms with Crippen LogP contribution in [-0.4, -0.2) is 19.0 Å². The first kappa shape index (κ1) is 14.0. The maximum Gasteiger partial charge on any atom is 0.230 e. The molecule has 0 bridgehead atoms. The van der Waals surface area contributed by atoms with Crippen molar-refractivity contribution in [2.24, 2.45) is 17.6 Å². The van der Waals surface area contributed by atoms with Gasteiger partial charge in [0, 0.05) is 18.2 Å². The Morgan fingerprint density at radius 2 is 2.26 bits per heavy atom. The highest BCUT2D eigenvalue weighted by Crippen LogP contribution is 2.38. The van der Waals surface area contributed by atoms with E-state index in [0.717, 1.165) is 19.3 Å². The van der Waals surface area contributed by atoms with Crippen LogP contribution in [0.4, 0.5) is 10.1 Å². The molecule has 2 N–H and O–H groups in total. The molecule has 1 atom stereocenters. The molecule has 0 heterocycles. The molecule has 1 aromatic carbocycles. The van der Waals surface area contributed by atoms with Crippen molar-refractivity contribution >= 4 is 11.6 Å². The third-order valence-electron chi connectivity index (χ3n) is 3.69. The molecule has 0 radical (unpaired) electrons. The number of carbonyl (C=O) groups is 1. The minimum Gasteiger partial charge on any atom is -0.330 e. The fraction of sp³-hybridized carbons (Fsp3) is 0.533. The first-order valence-electron chi connectivity index (χ1n) is 6.90. The second kappa shape index (κ2) is 6.15. The van der Waals surface area contributed by atoms with E-state index >= 15 is 0 Å². The Bertz CT molecular complexity index is 446. The fourth-order valence-corrected chi connectivity index (χ4v) is 2.30. The molecule has 2 rings (SSSR count). The lowest BCUT2D eigenvalue weighted by Crippen LogP contribution is -2.37. The molecule has 1 aliphatic carbocycles. The summed E-state index contributed by atoms with van der Waals surface area (Å²) < 4.78 is 13.3. The zero-order valence-electron chi connectivity index (χ0n) is 11.3. The van der Waals surface area contributed by atoms with E-state index in [9.17, 15) is 9.18 Å². The van der Waals surface area contributed by atoms with Crippen molar-refractivity contribution in [3.05, 3.63) is 30.1 Å². The van der Waals surface area contributed by atoms with Crippen molar-refractivity contribution in [1.29, 1.82) is 0 Å². The van der Waals surface area contributed by atoms with Gasteiger partial charge in [0.1, 0.15) is 5.82 Å². The summed E-state index contributed by atoms with van der Waals surface area (Å²) in [5, 5.41) is 0. The number of anilines is 1. The van der Waals surface area contributed by atoms with Crippen LogP contribution >= 0.6 is 0 Å². The maximum atomic E-state index is 13.3. The van der Waals surface area contributed by atoms with Crippen LogP contribution in [-0.2, 0) is 4.79 Å². The van der Waals surface area contributed by atoms with Crippen LogP contribution in [0.1, 0.15) is 26.2 Å². The van der Waals surface area contributed by atoms with Gasteiger partial charge < -0.3 is 10.6 Å². The van der Waals surface area contributed by atoms with Crippen molar-refractivity contribution in [2.75, 3.05) is 18.0 Å². The quantitative estimate of drug-likeness (QED) is 0.858. The van der Waals surface area contributed by atoms with Gasteiger partial charge in [0.05, 0.1) is 0 Å². The molecular weight excluding hydrogens is 243 g/mol. The van der Waals surface area contributed by atoms with Crippen LogP contribution in [0.2, 0.25) is 0 Å². The standard InChI is InChI=1S/C15H21FN2O/c1-11(12-6-7-12)15(19)18(9-3-8-17)14-5-2-4-13(16)10-14/h2,4-5,10-12H,3,6-9,17H2,1H3. The highest BCUT2D eigenvalue weighted by molar-refractivity contribution is 5.95. The van der Waals surface area contributed by atoms with Crippen LogP contribution in [0.15, 0.2) is 24.3 Å². The third kappa shape index (κ3) is 3.53. The highest BCUT2D eigenvalue weighted by Gasteiger charge is 2.35. The Hall–Kier alpha value is -1.42. The molecule has 1 fully saturated rings. The van der Waals surface area contributed by atoms with Crippen LogP contribution in [0, 0.1) is 17.7 Å². The van der Waals surface area contributed by atoms with Crippen molar-refractivity contribution < 1.29 is 9.18 Å². The molecule has 0 saturated heterocycles. The lowest BCUT2D eigenvalue weighted by atomic mass is 10.0. The van der Waals surface area contributed by atoms with Gasteiger partial charge in [0.25, 0.3) is 0 Å². The molecule has 3 nitrogen and oxygen atoms in total. The number of halogens is 1. The monoisotopic (exact) mass is 264 g/mol. The lowest BCUT2D eigenvalue weighted by Gasteiger charge is -2.26. The van der Waals surface area contributed by atoms with E-state index < -0.39 is 0 Å². The summed E-state index contributed by atoms with van der Waals surface area (Å²) in [6.07, 6.45) is 2.97. The fourth-order valence-electron chi connectivity index (χ4n) is 2.30. The Morgan fingerprint density at radius 1 is 1.53 bits per heavy atom. The Morgan fingerprint density at radius 3 is 2.84 bits per heavy atom. The van der Waals surface area contributed by atoms with E-state index in [1.807, 2.05) is 6.92 Å². The van der Waals surface area contributed by atoms with E-state index in [0.29, 0.717) is 24.7 Å².